The van der Waals surface area contributed by atoms with Crippen molar-refractivity contribution in [2.24, 2.45) is 5.73 Å². The Labute approximate surface area is 139 Å². The van der Waals surface area contributed by atoms with Crippen LogP contribution in [0.3, 0.4) is 0 Å². The third-order valence-corrected chi connectivity index (χ3v) is 5.00. The molecule has 0 aliphatic carbocycles. The Balaban J connectivity index is 1.90. The van der Waals surface area contributed by atoms with E-state index in [2.05, 4.69) is 20.6 Å². The minimum atomic E-state index is -0.691. The van der Waals surface area contributed by atoms with Crippen molar-refractivity contribution in [3.05, 3.63) is 34.5 Å². The fraction of sp³-hybridized carbons (Fsp3) is 0.143. The van der Waals surface area contributed by atoms with Crippen molar-refractivity contribution in [1.29, 1.82) is 0 Å². The second-order valence-electron chi connectivity index (χ2n) is 4.68. The van der Waals surface area contributed by atoms with Crippen LogP contribution >= 0.6 is 22.7 Å². The number of nitrogens with two attached hydrogens (primary N) is 1. The first-order valence-corrected chi connectivity index (χ1v) is 8.28. The van der Waals surface area contributed by atoms with Gasteiger partial charge in [0.25, 0.3) is 11.8 Å². The number of primary amides is 1. The summed E-state index contributed by atoms with van der Waals surface area (Å²) in [6, 6.07) is 5.30. The highest BCUT2D eigenvalue weighted by Gasteiger charge is 2.18. The summed E-state index contributed by atoms with van der Waals surface area (Å²) in [6.45, 7) is 1.92. The van der Waals surface area contributed by atoms with Crippen LogP contribution in [0, 0.1) is 6.92 Å². The van der Waals surface area contributed by atoms with Crippen LogP contribution in [0.4, 0.5) is 10.1 Å². The number of rotatable bonds is 4. The number of carbonyl (C=O) groups excluding carboxylic acids is 2. The number of fused-ring (bicyclic) bond motifs is 1. The number of nitrogens with one attached hydrogen (secondary N) is 2. The molecule has 0 saturated carbocycles. The molecule has 0 aliphatic heterocycles. The summed E-state index contributed by atoms with van der Waals surface area (Å²) < 4.78 is 1.02. The molecular formula is C14H13N5O2S2. The number of amides is 2. The van der Waals surface area contributed by atoms with Gasteiger partial charge < -0.3 is 16.4 Å². The number of aromatic nitrogens is 2. The number of aryl methyl sites for hydroxylation is 1. The number of benzene rings is 1. The largest absolute Gasteiger partial charge is 0.365 e. The van der Waals surface area contributed by atoms with Crippen molar-refractivity contribution in [1.82, 2.24) is 9.97 Å². The van der Waals surface area contributed by atoms with Crippen LogP contribution in [-0.2, 0) is 0 Å². The molecule has 2 heterocycles. The first-order valence-electron chi connectivity index (χ1n) is 6.65. The van der Waals surface area contributed by atoms with Gasteiger partial charge in [0, 0.05) is 12.6 Å². The first kappa shape index (κ1) is 15.4. The van der Waals surface area contributed by atoms with Gasteiger partial charge >= 0.3 is 0 Å². The summed E-state index contributed by atoms with van der Waals surface area (Å²) in [5.74, 6) is -1.03. The van der Waals surface area contributed by atoms with E-state index >= 15 is 0 Å². The lowest BCUT2D eigenvalue weighted by molar-refractivity contribution is 0.0997. The maximum Gasteiger partial charge on any atom is 0.270 e. The molecule has 0 saturated heterocycles. The zero-order valence-corrected chi connectivity index (χ0v) is 14.0. The number of nitrogens with zero attached hydrogens (tertiary/aromatic N) is 2. The molecule has 0 bridgehead atoms. The molecule has 4 N–H and O–H groups in total. The van der Waals surface area contributed by atoms with Crippen molar-refractivity contribution in [3.8, 4) is 0 Å². The molecule has 0 aliphatic rings. The predicted octanol–water partition coefficient (Wildman–Crippen LogP) is 2.45. The molecule has 3 rings (SSSR count). The standard InChI is InChI=1S/C14H13N5O2S2/c1-6-17-8-5-7(3-4-9(8)22-6)12(21)19-13-10(11(15)20)18-14(16-2)23-13/h3-5H,1-2H3,(H2,15,20)(H,16,18)(H,19,21). The van der Waals surface area contributed by atoms with Gasteiger partial charge in [0.2, 0.25) is 0 Å². The summed E-state index contributed by atoms with van der Waals surface area (Å²) in [6.07, 6.45) is 0. The van der Waals surface area contributed by atoms with Gasteiger partial charge in [-0.3, -0.25) is 9.59 Å². The van der Waals surface area contributed by atoms with E-state index in [1.54, 1.807) is 30.5 Å². The third kappa shape index (κ3) is 3.01. The van der Waals surface area contributed by atoms with Gasteiger partial charge in [-0.25, -0.2) is 9.97 Å². The van der Waals surface area contributed by atoms with Crippen LogP contribution in [-0.4, -0.2) is 28.8 Å². The van der Waals surface area contributed by atoms with Gasteiger partial charge in [0.15, 0.2) is 10.8 Å². The SMILES string of the molecule is CNc1nc(C(N)=O)c(NC(=O)c2ccc3sc(C)nc3c2)s1. The van der Waals surface area contributed by atoms with Gasteiger partial charge in [0.1, 0.15) is 5.00 Å². The summed E-state index contributed by atoms with van der Waals surface area (Å²) in [5.41, 5.74) is 6.56. The number of anilines is 2. The Morgan fingerprint density at radius 2 is 2.00 bits per heavy atom. The van der Waals surface area contributed by atoms with Crippen molar-refractivity contribution in [2.75, 3.05) is 17.7 Å². The quantitative estimate of drug-likeness (QED) is 0.671. The predicted molar refractivity (Wildman–Crippen MR) is 92.5 cm³/mol. The molecule has 2 amide bonds. The Morgan fingerprint density at radius 3 is 2.70 bits per heavy atom. The summed E-state index contributed by atoms with van der Waals surface area (Å²) in [7, 11) is 1.67. The van der Waals surface area contributed by atoms with E-state index in [9.17, 15) is 9.59 Å². The van der Waals surface area contributed by atoms with Crippen molar-refractivity contribution < 1.29 is 9.59 Å². The zero-order chi connectivity index (χ0) is 16.6. The summed E-state index contributed by atoms with van der Waals surface area (Å²) in [4.78, 5) is 32.2. The molecule has 9 heteroatoms. The summed E-state index contributed by atoms with van der Waals surface area (Å²) >= 11 is 2.72. The van der Waals surface area contributed by atoms with Gasteiger partial charge in [0.05, 0.1) is 15.2 Å². The third-order valence-electron chi connectivity index (χ3n) is 3.06. The van der Waals surface area contributed by atoms with Gasteiger partial charge in [-0.2, -0.15) is 0 Å². The van der Waals surface area contributed by atoms with Crippen LogP contribution in [0.25, 0.3) is 10.2 Å². The molecule has 0 atom stereocenters. The van der Waals surface area contributed by atoms with Crippen molar-refractivity contribution >= 4 is 54.8 Å². The molecule has 0 unspecified atom stereocenters. The molecule has 23 heavy (non-hydrogen) atoms. The molecule has 0 radical (unpaired) electrons. The number of hydrogen-bond acceptors (Lipinski definition) is 7. The van der Waals surface area contributed by atoms with Crippen LogP contribution in [0.15, 0.2) is 18.2 Å². The second-order valence-corrected chi connectivity index (χ2v) is 6.91. The minimum Gasteiger partial charge on any atom is -0.365 e. The smallest absolute Gasteiger partial charge is 0.270 e. The number of thiazole rings is 2. The average Bonchev–Trinajstić information content (AvgIpc) is 3.08. The maximum absolute atomic E-state index is 12.4. The van der Waals surface area contributed by atoms with Gasteiger partial charge in [-0.1, -0.05) is 11.3 Å². The lowest BCUT2D eigenvalue weighted by Gasteiger charge is -2.03. The van der Waals surface area contributed by atoms with E-state index in [4.69, 9.17) is 5.73 Å². The van der Waals surface area contributed by atoms with Crippen LogP contribution in [0.1, 0.15) is 25.9 Å². The highest BCUT2D eigenvalue weighted by atomic mass is 32.1. The molecule has 0 fully saturated rings. The van der Waals surface area contributed by atoms with E-state index in [1.807, 2.05) is 13.0 Å². The normalized spacial score (nSPS) is 10.7. The molecule has 7 nitrogen and oxygen atoms in total. The van der Waals surface area contributed by atoms with Crippen molar-refractivity contribution in [2.45, 2.75) is 6.92 Å². The monoisotopic (exact) mass is 347 g/mol. The Hall–Kier alpha value is -2.52. The Morgan fingerprint density at radius 1 is 1.22 bits per heavy atom. The highest BCUT2D eigenvalue weighted by Crippen LogP contribution is 2.29. The van der Waals surface area contributed by atoms with Crippen molar-refractivity contribution in [3.63, 3.8) is 0 Å². The minimum absolute atomic E-state index is 0.0401. The van der Waals surface area contributed by atoms with Gasteiger partial charge in [-0.15, -0.1) is 11.3 Å². The van der Waals surface area contributed by atoms with Gasteiger partial charge in [-0.05, 0) is 25.1 Å². The Kier molecular flexibility index (Phi) is 3.97. The fourth-order valence-electron chi connectivity index (χ4n) is 2.04. The van der Waals surface area contributed by atoms with E-state index in [0.717, 1.165) is 26.6 Å². The number of hydrogen-bond donors (Lipinski definition) is 3. The molecule has 2 aromatic heterocycles. The molecule has 3 aromatic rings. The lowest BCUT2D eigenvalue weighted by atomic mass is 10.2. The Bertz CT molecular complexity index is 915. The fourth-order valence-corrected chi connectivity index (χ4v) is 3.66. The van der Waals surface area contributed by atoms with Crippen LogP contribution in [0.5, 0.6) is 0 Å². The molecule has 0 spiro atoms. The lowest BCUT2D eigenvalue weighted by Crippen LogP contribution is -2.17. The van der Waals surface area contributed by atoms with E-state index in [1.165, 1.54) is 0 Å². The van der Waals surface area contributed by atoms with E-state index < -0.39 is 5.91 Å². The molecule has 1 aromatic carbocycles. The highest BCUT2D eigenvalue weighted by molar-refractivity contribution is 7.20. The summed E-state index contributed by atoms with van der Waals surface area (Å²) in [5, 5.41) is 7.27. The topological polar surface area (TPSA) is 110 Å². The molecular weight excluding hydrogens is 334 g/mol. The van der Waals surface area contributed by atoms with E-state index in [0.29, 0.717) is 15.7 Å². The average molecular weight is 347 g/mol. The maximum atomic E-state index is 12.4. The zero-order valence-electron chi connectivity index (χ0n) is 12.3. The molecule has 118 valence electrons. The van der Waals surface area contributed by atoms with E-state index in [-0.39, 0.29) is 11.6 Å². The number of carbonyl (C=O) groups is 2. The second kappa shape index (κ2) is 5.94. The van der Waals surface area contributed by atoms with Crippen LogP contribution < -0.4 is 16.4 Å². The van der Waals surface area contributed by atoms with Crippen LogP contribution in [0.2, 0.25) is 0 Å². The first-order chi connectivity index (χ1) is 11.0.